The molecule has 0 saturated carbocycles. The fraction of sp³-hybridized carbons (Fsp3) is 0.304. The van der Waals surface area contributed by atoms with E-state index in [1.54, 1.807) is 25.1 Å². The maximum absolute atomic E-state index is 12.6. The standard InChI is InChI=1S/C23H27N3O2/c1-14-9-10-15(2)22-21(14)19(16(3)25-22)12-20(27)24-13-17-7-6-8-18(11-17)23(28)26(4)5/h6-11,25H,12-13H2,1-5H3,(H,24,27). The highest BCUT2D eigenvalue weighted by Crippen LogP contribution is 2.28. The molecule has 28 heavy (non-hydrogen) atoms. The van der Waals surface area contributed by atoms with Gasteiger partial charge in [0.1, 0.15) is 0 Å². The Kier molecular flexibility index (Phi) is 5.54. The van der Waals surface area contributed by atoms with Crippen LogP contribution in [0, 0.1) is 20.8 Å². The van der Waals surface area contributed by atoms with Crippen molar-refractivity contribution in [2.45, 2.75) is 33.7 Å². The number of carbonyl (C=O) groups excluding carboxylic acids is 2. The summed E-state index contributed by atoms with van der Waals surface area (Å²) in [6.07, 6.45) is 0.326. The molecular weight excluding hydrogens is 350 g/mol. The molecule has 2 amide bonds. The van der Waals surface area contributed by atoms with Gasteiger partial charge in [-0.15, -0.1) is 0 Å². The summed E-state index contributed by atoms with van der Waals surface area (Å²) in [5, 5.41) is 4.13. The van der Waals surface area contributed by atoms with Crippen LogP contribution in [0.2, 0.25) is 0 Å². The van der Waals surface area contributed by atoms with Gasteiger partial charge in [-0.25, -0.2) is 0 Å². The second-order valence-corrected chi connectivity index (χ2v) is 7.53. The number of nitrogens with one attached hydrogen (secondary N) is 2. The SMILES string of the molecule is Cc1[nH]c2c(C)ccc(C)c2c1CC(=O)NCc1cccc(C(=O)N(C)C)c1. The molecule has 3 aromatic rings. The van der Waals surface area contributed by atoms with Crippen LogP contribution in [0.25, 0.3) is 10.9 Å². The molecule has 0 aliphatic rings. The highest BCUT2D eigenvalue weighted by Gasteiger charge is 2.15. The maximum atomic E-state index is 12.6. The first-order chi connectivity index (χ1) is 13.3. The minimum Gasteiger partial charge on any atom is -0.358 e. The number of carbonyl (C=O) groups is 2. The monoisotopic (exact) mass is 377 g/mol. The minimum atomic E-state index is -0.0477. The van der Waals surface area contributed by atoms with Gasteiger partial charge in [0.15, 0.2) is 0 Å². The molecule has 3 rings (SSSR count). The Bertz CT molecular complexity index is 1050. The average molecular weight is 377 g/mol. The largest absolute Gasteiger partial charge is 0.358 e. The predicted molar refractivity (Wildman–Crippen MR) is 113 cm³/mol. The number of amides is 2. The number of hydrogen-bond donors (Lipinski definition) is 2. The van der Waals surface area contributed by atoms with Crippen LogP contribution in [-0.4, -0.2) is 35.8 Å². The molecule has 0 spiro atoms. The molecular formula is C23H27N3O2. The van der Waals surface area contributed by atoms with Crippen molar-refractivity contribution in [3.8, 4) is 0 Å². The first-order valence-electron chi connectivity index (χ1n) is 9.42. The van der Waals surface area contributed by atoms with Crippen molar-refractivity contribution in [1.29, 1.82) is 0 Å². The van der Waals surface area contributed by atoms with Crippen LogP contribution in [0.3, 0.4) is 0 Å². The molecule has 1 heterocycles. The normalized spacial score (nSPS) is 10.9. The fourth-order valence-electron chi connectivity index (χ4n) is 3.53. The second kappa shape index (κ2) is 7.89. The third-order valence-corrected chi connectivity index (χ3v) is 5.10. The number of aromatic amines is 1. The summed E-state index contributed by atoms with van der Waals surface area (Å²) in [5.74, 6) is -0.0808. The molecule has 5 nitrogen and oxygen atoms in total. The van der Waals surface area contributed by atoms with Gasteiger partial charge in [0.2, 0.25) is 5.91 Å². The van der Waals surface area contributed by atoms with Crippen LogP contribution in [0.5, 0.6) is 0 Å². The van der Waals surface area contributed by atoms with E-state index >= 15 is 0 Å². The molecule has 0 atom stereocenters. The smallest absolute Gasteiger partial charge is 0.253 e. The van der Waals surface area contributed by atoms with Crippen LogP contribution >= 0.6 is 0 Å². The fourth-order valence-corrected chi connectivity index (χ4v) is 3.53. The molecule has 0 unspecified atom stereocenters. The summed E-state index contributed by atoms with van der Waals surface area (Å²) < 4.78 is 0. The lowest BCUT2D eigenvalue weighted by Crippen LogP contribution is -2.25. The Morgan fingerprint density at radius 1 is 1.04 bits per heavy atom. The van der Waals surface area contributed by atoms with Gasteiger partial charge in [0.05, 0.1) is 6.42 Å². The minimum absolute atomic E-state index is 0.0331. The van der Waals surface area contributed by atoms with Crippen LogP contribution in [0.15, 0.2) is 36.4 Å². The van der Waals surface area contributed by atoms with E-state index in [9.17, 15) is 9.59 Å². The van der Waals surface area contributed by atoms with Gasteiger partial charge in [-0.1, -0.05) is 24.3 Å². The second-order valence-electron chi connectivity index (χ2n) is 7.53. The van der Waals surface area contributed by atoms with Gasteiger partial charge >= 0.3 is 0 Å². The number of aromatic nitrogens is 1. The molecule has 0 saturated heterocycles. The van der Waals surface area contributed by atoms with Crippen LogP contribution in [0.4, 0.5) is 0 Å². The van der Waals surface area contributed by atoms with Crippen molar-refractivity contribution in [2.24, 2.45) is 0 Å². The molecule has 0 bridgehead atoms. The van der Waals surface area contributed by atoms with Gasteiger partial charge in [0, 0.05) is 42.8 Å². The number of rotatable bonds is 5. The average Bonchev–Trinajstić information content (AvgIpc) is 3.00. The van der Waals surface area contributed by atoms with Crippen LogP contribution in [0.1, 0.15) is 38.3 Å². The number of aryl methyl sites for hydroxylation is 3. The van der Waals surface area contributed by atoms with Gasteiger partial charge < -0.3 is 15.2 Å². The lowest BCUT2D eigenvalue weighted by atomic mass is 10.0. The van der Waals surface area contributed by atoms with Crippen molar-refractivity contribution in [2.75, 3.05) is 14.1 Å². The predicted octanol–water partition coefficient (Wildman–Crippen LogP) is 3.65. The summed E-state index contributed by atoms with van der Waals surface area (Å²) in [6.45, 7) is 6.55. The van der Waals surface area contributed by atoms with Crippen LogP contribution < -0.4 is 5.32 Å². The van der Waals surface area contributed by atoms with Gasteiger partial charge in [-0.3, -0.25) is 9.59 Å². The maximum Gasteiger partial charge on any atom is 0.253 e. The zero-order valence-electron chi connectivity index (χ0n) is 17.1. The van der Waals surface area contributed by atoms with Crippen LogP contribution in [-0.2, 0) is 17.8 Å². The molecule has 2 aromatic carbocycles. The quantitative estimate of drug-likeness (QED) is 0.713. The van der Waals surface area contributed by atoms with Crippen molar-refractivity contribution in [3.63, 3.8) is 0 Å². The summed E-state index contributed by atoms with van der Waals surface area (Å²) in [4.78, 5) is 29.7. The third kappa shape index (κ3) is 3.93. The first-order valence-corrected chi connectivity index (χ1v) is 9.42. The molecule has 0 aliphatic heterocycles. The zero-order chi connectivity index (χ0) is 20.4. The molecule has 2 N–H and O–H groups in total. The Morgan fingerprint density at radius 2 is 1.75 bits per heavy atom. The number of nitrogens with zero attached hydrogens (tertiary/aromatic N) is 1. The third-order valence-electron chi connectivity index (χ3n) is 5.10. The van der Waals surface area contributed by atoms with Crippen molar-refractivity contribution >= 4 is 22.7 Å². The number of H-pyrrole nitrogens is 1. The van der Waals surface area contributed by atoms with Crippen molar-refractivity contribution < 1.29 is 9.59 Å². The van der Waals surface area contributed by atoms with Crippen molar-refractivity contribution in [3.05, 3.63) is 69.9 Å². The van der Waals surface area contributed by atoms with Gasteiger partial charge in [-0.05, 0) is 55.2 Å². The Hall–Kier alpha value is -3.08. The van der Waals surface area contributed by atoms with E-state index in [0.29, 0.717) is 18.5 Å². The molecule has 0 fully saturated rings. The van der Waals surface area contributed by atoms with E-state index in [1.807, 2.05) is 25.1 Å². The van der Waals surface area contributed by atoms with E-state index in [2.05, 4.69) is 36.3 Å². The van der Waals surface area contributed by atoms with E-state index in [4.69, 9.17) is 0 Å². The summed E-state index contributed by atoms with van der Waals surface area (Å²) in [5.41, 5.74) is 7.06. The number of benzene rings is 2. The topological polar surface area (TPSA) is 65.2 Å². The highest BCUT2D eigenvalue weighted by atomic mass is 16.2. The van der Waals surface area contributed by atoms with Crippen molar-refractivity contribution in [1.82, 2.24) is 15.2 Å². The first kappa shape index (κ1) is 19.7. The molecule has 5 heteroatoms. The number of hydrogen-bond acceptors (Lipinski definition) is 2. The molecule has 0 radical (unpaired) electrons. The Morgan fingerprint density at radius 3 is 2.46 bits per heavy atom. The lowest BCUT2D eigenvalue weighted by molar-refractivity contribution is -0.120. The summed E-state index contributed by atoms with van der Waals surface area (Å²) in [6, 6.07) is 11.6. The van der Waals surface area contributed by atoms with E-state index in [-0.39, 0.29) is 11.8 Å². The number of fused-ring (bicyclic) bond motifs is 1. The van der Waals surface area contributed by atoms with E-state index in [0.717, 1.165) is 27.7 Å². The van der Waals surface area contributed by atoms with E-state index in [1.165, 1.54) is 11.1 Å². The summed E-state index contributed by atoms with van der Waals surface area (Å²) in [7, 11) is 3.45. The Labute approximate surface area is 165 Å². The molecule has 146 valence electrons. The van der Waals surface area contributed by atoms with E-state index < -0.39 is 0 Å². The molecule has 0 aliphatic carbocycles. The van der Waals surface area contributed by atoms with Gasteiger partial charge in [-0.2, -0.15) is 0 Å². The zero-order valence-corrected chi connectivity index (χ0v) is 17.1. The summed E-state index contributed by atoms with van der Waals surface area (Å²) >= 11 is 0. The highest BCUT2D eigenvalue weighted by molar-refractivity contribution is 5.94. The molecule has 1 aromatic heterocycles. The Balaban J connectivity index is 1.73. The lowest BCUT2D eigenvalue weighted by Gasteiger charge is -2.12. The van der Waals surface area contributed by atoms with Gasteiger partial charge in [0.25, 0.3) is 5.91 Å².